The maximum absolute atomic E-state index is 8.12. The van der Waals surface area contributed by atoms with Crippen molar-refractivity contribution in [3.63, 3.8) is 0 Å². The predicted octanol–water partition coefficient (Wildman–Crippen LogP) is 0.482. The zero-order valence-corrected chi connectivity index (χ0v) is 5.85. The summed E-state index contributed by atoms with van der Waals surface area (Å²) in [4.78, 5) is 0. The molecule has 0 aromatic heterocycles. The SMILES string of the molecule is COC(C)NCCC#N. The Kier molecular flexibility index (Phi) is 5.18. The van der Waals surface area contributed by atoms with Crippen LogP contribution in [0.3, 0.4) is 0 Å². The van der Waals surface area contributed by atoms with E-state index in [1.165, 1.54) is 0 Å². The number of hydrogen-bond donors (Lipinski definition) is 1. The molecule has 9 heavy (non-hydrogen) atoms. The molecule has 0 rings (SSSR count). The van der Waals surface area contributed by atoms with Crippen LogP contribution >= 0.6 is 0 Å². The number of methoxy groups -OCH3 is 1. The Labute approximate surface area is 55.6 Å². The molecule has 0 fully saturated rings. The van der Waals surface area contributed by atoms with Crippen LogP contribution in [0, 0.1) is 11.3 Å². The van der Waals surface area contributed by atoms with Gasteiger partial charge < -0.3 is 4.74 Å². The second-order valence-corrected chi connectivity index (χ2v) is 1.74. The topological polar surface area (TPSA) is 45.0 Å². The third-order valence-corrected chi connectivity index (χ3v) is 1.02. The number of nitriles is 1. The van der Waals surface area contributed by atoms with E-state index in [1.54, 1.807) is 7.11 Å². The minimum absolute atomic E-state index is 0.0540. The summed E-state index contributed by atoms with van der Waals surface area (Å²) >= 11 is 0. The molecule has 0 saturated carbocycles. The molecule has 0 heterocycles. The van der Waals surface area contributed by atoms with Crippen LogP contribution in [-0.2, 0) is 4.74 Å². The fourth-order valence-corrected chi connectivity index (χ4v) is 0.415. The highest BCUT2D eigenvalue weighted by molar-refractivity contribution is 4.70. The van der Waals surface area contributed by atoms with Gasteiger partial charge in [-0.05, 0) is 6.92 Å². The van der Waals surface area contributed by atoms with Crippen molar-refractivity contribution < 1.29 is 4.74 Å². The van der Waals surface area contributed by atoms with Gasteiger partial charge in [0.15, 0.2) is 0 Å². The highest BCUT2D eigenvalue weighted by Gasteiger charge is 1.93. The van der Waals surface area contributed by atoms with Crippen molar-refractivity contribution in [3.05, 3.63) is 0 Å². The van der Waals surface area contributed by atoms with Gasteiger partial charge in [-0.25, -0.2) is 0 Å². The summed E-state index contributed by atoms with van der Waals surface area (Å²) in [6.07, 6.45) is 0.589. The summed E-state index contributed by atoms with van der Waals surface area (Å²) < 4.78 is 4.88. The minimum atomic E-state index is 0.0540. The van der Waals surface area contributed by atoms with E-state index in [4.69, 9.17) is 10.00 Å². The first-order chi connectivity index (χ1) is 4.31. The first kappa shape index (κ1) is 8.41. The van der Waals surface area contributed by atoms with E-state index in [-0.39, 0.29) is 6.23 Å². The van der Waals surface area contributed by atoms with Gasteiger partial charge in [-0.3, -0.25) is 5.32 Å². The Hall–Kier alpha value is -0.590. The Morgan fingerprint density at radius 3 is 2.89 bits per heavy atom. The number of rotatable bonds is 4. The molecule has 0 aliphatic rings. The monoisotopic (exact) mass is 128 g/mol. The molecule has 3 heteroatoms. The van der Waals surface area contributed by atoms with Gasteiger partial charge >= 0.3 is 0 Å². The van der Waals surface area contributed by atoms with E-state index < -0.39 is 0 Å². The lowest BCUT2D eigenvalue weighted by Crippen LogP contribution is -2.28. The lowest BCUT2D eigenvalue weighted by atomic mass is 10.4. The molecular formula is C6H12N2O. The van der Waals surface area contributed by atoms with E-state index in [0.29, 0.717) is 13.0 Å². The van der Waals surface area contributed by atoms with Gasteiger partial charge in [0.25, 0.3) is 0 Å². The van der Waals surface area contributed by atoms with Gasteiger partial charge in [0.1, 0.15) is 6.23 Å². The van der Waals surface area contributed by atoms with E-state index >= 15 is 0 Å². The molecule has 1 N–H and O–H groups in total. The molecule has 1 atom stereocenters. The number of nitrogens with one attached hydrogen (secondary N) is 1. The molecule has 0 aromatic carbocycles. The maximum atomic E-state index is 8.12. The van der Waals surface area contributed by atoms with Gasteiger partial charge in [0, 0.05) is 20.1 Å². The van der Waals surface area contributed by atoms with Crippen molar-refractivity contribution in [2.75, 3.05) is 13.7 Å². The first-order valence-corrected chi connectivity index (χ1v) is 2.94. The highest BCUT2D eigenvalue weighted by atomic mass is 16.5. The van der Waals surface area contributed by atoms with Crippen LogP contribution in [0.25, 0.3) is 0 Å². The van der Waals surface area contributed by atoms with Crippen LogP contribution in [-0.4, -0.2) is 19.9 Å². The van der Waals surface area contributed by atoms with Crippen molar-refractivity contribution in [2.45, 2.75) is 19.6 Å². The van der Waals surface area contributed by atoms with Gasteiger partial charge in [0.05, 0.1) is 6.07 Å². The fraction of sp³-hybridized carbons (Fsp3) is 0.833. The maximum Gasteiger partial charge on any atom is 0.104 e. The number of nitrogens with zero attached hydrogens (tertiary/aromatic N) is 1. The van der Waals surface area contributed by atoms with Crippen LogP contribution in [0.2, 0.25) is 0 Å². The van der Waals surface area contributed by atoms with Crippen LogP contribution < -0.4 is 5.32 Å². The number of hydrogen-bond acceptors (Lipinski definition) is 3. The highest BCUT2D eigenvalue weighted by Crippen LogP contribution is 1.80. The molecular weight excluding hydrogens is 116 g/mol. The van der Waals surface area contributed by atoms with Crippen molar-refractivity contribution in [3.8, 4) is 6.07 Å². The van der Waals surface area contributed by atoms with Crippen molar-refractivity contribution in [1.29, 1.82) is 5.26 Å². The van der Waals surface area contributed by atoms with Crippen LogP contribution in [0.4, 0.5) is 0 Å². The van der Waals surface area contributed by atoms with E-state index in [0.717, 1.165) is 0 Å². The van der Waals surface area contributed by atoms with Crippen LogP contribution in [0.5, 0.6) is 0 Å². The summed E-state index contributed by atoms with van der Waals surface area (Å²) in [5, 5.41) is 11.1. The molecule has 0 aliphatic carbocycles. The minimum Gasteiger partial charge on any atom is -0.367 e. The van der Waals surface area contributed by atoms with E-state index in [2.05, 4.69) is 5.32 Å². The third-order valence-electron chi connectivity index (χ3n) is 1.02. The summed E-state index contributed by atoms with van der Waals surface area (Å²) in [6.45, 7) is 2.60. The third kappa shape index (κ3) is 5.28. The normalized spacial score (nSPS) is 12.6. The molecule has 52 valence electrons. The van der Waals surface area contributed by atoms with Crippen molar-refractivity contribution in [1.82, 2.24) is 5.32 Å². The summed E-state index contributed by atoms with van der Waals surface area (Å²) in [5.41, 5.74) is 0. The molecule has 3 nitrogen and oxygen atoms in total. The second-order valence-electron chi connectivity index (χ2n) is 1.74. The zero-order valence-electron chi connectivity index (χ0n) is 5.85. The second kappa shape index (κ2) is 5.54. The molecule has 0 radical (unpaired) electrons. The quantitative estimate of drug-likeness (QED) is 0.442. The van der Waals surface area contributed by atoms with E-state index in [1.807, 2.05) is 13.0 Å². The Morgan fingerprint density at radius 1 is 1.78 bits per heavy atom. The summed E-state index contributed by atoms with van der Waals surface area (Å²) in [5.74, 6) is 0. The Morgan fingerprint density at radius 2 is 2.44 bits per heavy atom. The molecule has 0 amide bonds. The number of ether oxygens (including phenoxy) is 1. The van der Waals surface area contributed by atoms with E-state index in [9.17, 15) is 0 Å². The summed E-state index contributed by atoms with van der Waals surface area (Å²) in [7, 11) is 1.63. The van der Waals surface area contributed by atoms with Crippen LogP contribution in [0.1, 0.15) is 13.3 Å². The summed E-state index contributed by atoms with van der Waals surface area (Å²) in [6, 6.07) is 2.03. The lowest BCUT2D eigenvalue weighted by molar-refractivity contribution is 0.0904. The van der Waals surface area contributed by atoms with Gasteiger partial charge in [-0.2, -0.15) is 5.26 Å². The average Bonchev–Trinajstić information content (AvgIpc) is 1.89. The Balaban J connectivity index is 2.99. The van der Waals surface area contributed by atoms with Crippen LogP contribution in [0.15, 0.2) is 0 Å². The standard InChI is InChI=1S/C6H12N2O/c1-6(9-2)8-5-3-4-7/h6,8H,3,5H2,1-2H3. The molecule has 0 spiro atoms. The fourth-order valence-electron chi connectivity index (χ4n) is 0.415. The molecule has 0 aliphatic heterocycles. The smallest absolute Gasteiger partial charge is 0.104 e. The zero-order chi connectivity index (χ0) is 7.11. The lowest BCUT2D eigenvalue weighted by Gasteiger charge is -2.08. The first-order valence-electron chi connectivity index (χ1n) is 2.94. The van der Waals surface area contributed by atoms with Gasteiger partial charge in [-0.1, -0.05) is 0 Å². The van der Waals surface area contributed by atoms with Crippen molar-refractivity contribution in [2.24, 2.45) is 0 Å². The van der Waals surface area contributed by atoms with Crippen molar-refractivity contribution >= 4 is 0 Å². The Bertz CT molecular complexity index is 97.7. The van der Waals surface area contributed by atoms with Gasteiger partial charge in [-0.15, -0.1) is 0 Å². The predicted molar refractivity (Wildman–Crippen MR) is 34.7 cm³/mol. The molecule has 0 aromatic rings. The van der Waals surface area contributed by atoms with Gasteiger partial charge in [0.2, 0.25) is 0 Å². The molecule has 0 bridgehead atoms. The largest absolute Gasteiger partial charge is 0.367 e. The average molecular weight is 128 g/mol. The molecule has 1 unspecified atom stereocenters. The molecule has 0 saturated heterocycles.